The van der Waals surface area contributed by atoms with Crippen LogP contribution in [0.3, 0.4) is 0 Å². The Bertz CT molecular complexity index is 1030. The van der Waals surface area contributed by atoms with Crippen LogP contribution in [0, 0.1) is 66.3 Å². The Morgan fingerprint density at radius 1 is 0.833 bits per heavy atom. The Hall–Kier alpha value is -0.840. The normalized spacial score (nSPS) is 56.4. The molecule has 1 saturated heterocycles. The third-order valence-corrected chi connectivity index (χ3v) is 15.3. The molecule has 0 aromatic rings. The van der Waals surface area contributed by atoms with Gasteiger partial charge in [-0.2, -0.15) is 0 Å². The van der Waals surface area contributed by atoms with Gasteiger partial charge in [0.2, 0.25) is 0 Å². The van der Waals surface area contributed by atoms with E-state index in [0.29, 0.717) is 24.2 Å². The number of nitro groups is 1. The molecule has 6 rings (SSSR count). The first kappa shape index (κ1) is 25.4. The lowest BCUT2D eigenvalue weighted by molar-refractivity contribution is -0.573. The first-order valence-corrected chi connectivity index (χ1v) is 14.9. The highest BCUT2D eigenvalue weighted by Crippen LogP contribution is 2.78. The molecule has 0 aromatic carbocycles. The zero-order valence-corrected chi connectivity index (χ0v) is 24.2. The topological polar surface area (TPSA) is 69.4 Å². The Balaban J connectivity index is 1.40. The number of alkyl halides is 1. The van der Waals surface area contributed by atoms with Crippen LogP contribution in [-0.2, 0) is 9.53 Å². The average molecular weight is 520 g/mol. The van der Waals surface area contributed by atoms with Crippen molar-refractivity contribution >= 4 is 17.6 Å². The standard InChI is InChI=1S/C30H46ClNO4/c1-24(2)12-15-29-16-14-27(6)18(21(29)22(24)36-23(29)33)8-9-20-26(5)13-17-30(31,32(34)35)25(3,4)19(26)10-11-28(20,27)7/h18-22H,8-17H2,1-7H3/t18-,19+,20-,21+,22-,26+,27-,28-,29+,30-/m1/s1. The van der Waals surface area contributed by atoms with E-state index in [2.05, 4.69) is 48.5 Å². The third-order valence-electron chi connectivity index (χ3n) is 14.5. The van der Waals surface area contributed by atoms with Crippen molar-refractivity contribution in [1.82, 2.24) is 0 Å². The number of esters is 1. The maximum atomic E-state index is 13.4. The Morgan fingerprint density at radius 2 is 1.50 bits per heavy atom. The van der Waals surface area contributed by atoms with Crippen molar-refractivity contribution in [3.63, 3.8) is 0 Å². The van der Waals surface area contributed by atoms with Crippen LogP contribution in [0.1, 0.15) is 113 Å². The van der Waals surface area contributed by atoms with Gasteiger partial charge in [0.15, 0.2) is 0 Å². The Kier molecular flexibility index (Phi) is 4.96. The largest absolute Gasteiger partial charge is 0.461 e. The van der Waals surface area contributed by atoms with Crippen LogP contribution in [0.2, 0.25) is 0 Å². The van der Waals surface area contributed by atoms with E-state index in [0.717, 1.165) is 57.8 Å². The fourth-order valence-corrected chi connectivity index (χ4v) is 12.3. The molecule has 36 heavy (non-hydrogen) atoms. The van der Waals surface area contributed by atoms with Gasteiger partial charge in [-0.15, -0.1) is 0 Å². The molecular weight excluding hydrogens is 474 g/mol. The maximum absolute atomic E-state index is 13.4. The zero-order chi connectivity index (χ0) is 26.3. The molecule has 0 amide bonds. The summed E-state index contributed by atoms with van der Waals surface area (Å²) >= 11 is 6.84. The lowest BCUT2D eigenvalue weighted by Gasteiger charge is -2.73. The van der Waals surface area contributed by atoms with Crippen LogP contribution in [0.25, 0.3) is 0 Å². The highest BCUT2D eigenvalue weighted by molar-refractivity contribution is 6.23. The molecule has 5 nitrogen and oxygen atoms in total. The summed E-state index contributed by atoms with van der Waals surface area (Å²) in [6.45, 7) is 16.3. The van der Waals surface area contributed by atoms with Gasteiger partial charge in [0.25, 0.3) is 5.00 Å². The fraction of sp³-hybridized carbons (Fsp3) is 0.967. The highest BCUT2D eigenvalue weighted by atomic mass is 35.5. The monoisotopic (exact) mass is 519 g/mol. The minimum atomic E-state index is -1.38. The summed E-state index contributed by atoms with van der Waals surface area (Å²) in [6.07, 6.45) is 9.85. The molecule has 1 heterocycles. The molecule has 6 heteroatoms. The van der Waals surface area contributed by atoms with Crippen molar-refractivity contribution in [2.45, 2.75) is 124 Å². The summed E-state index contributed by atoms with van der Waals surface area (Å²) in [7, 11) is 0. The summed E-state index contributed by atoms with van der Waals surface area (Å²) in [4.78, 5) is 24.0. The molecule has 202 valence electrons. The Morgan fingerprint density at radius 3 is 2.17 bits per heavy atom. The van der Waals surface area contributed by atoms with Crippen molar-refractivity contribution < 1.29 is 14.5 Å². The van der Waals surface area contributed by atoms with Gasteiger partial charge >= 0.3 is 5.97 Å². The number of nitrogens with zero attached hydrogens (tertiary/aromatic N) is 1. The number of hydrogen-bond acceptors (Lipinski definition) is 4. The molecule has 1 aliphatic heterocycles. The van der Waals surface area contributed by atoms with Gasteiger partial charge in [0.05, 0.1) is 10.8 Å². The summed E-state index contributed by atoms with van der Waals surface area (Å²) in [6, 6.07) is 0. The van der Waals surface area contributed by atoms with Gasteiger partial charge < -0.3 is 4.74 Å². The van der Waals surface area contributed by atoms with Crippen molar-refractivity contribution in [3.05, 3.63) is 10.1 Å². The number of ether oxygens (including phenoxy) is 1. The van der Waals surface area contributed by atoms with Crippen molar-refractivity contribution in [2.24, 2.45) is 56.2 Å². The molecule has 6 fully saturated rings. The number of fused-ring (bicyclic) bond motifs is 5. The third kappa shape index (κ3) is 2.59. The number of carbonyl (C=O) groups is 1. The molecular formula is C30H46ClNO4. The van der Waals surface area contributed by atoms with E-state index in [1.54, 1.807) is 0 Å². The van der Waals surface area contributed by atoms with Crippen molar-refractivity contribution in [1.29, 1.82) is 0 Å². The van der Waals surface area contributed by atoms with Crippen LogP contribution >= 0.6 is 11.6 Å². The van der Waals surface area contributed by atoms with Crippen LogP contribution in [0.15, 0.2) is 0 Å². The Labute approximate surface area is 222 Å². The number of hydrogen-bond donors (Lipinski definition) is 0. The smallest absolute Gasteiger partial charge is 0.312 e. The van der Waals surface area contributed by atoms with E-state index in [-0.39, 0.29) is 50.0 Å². The second-order valence-corrected chi connectivity index (χ2v) is 16.5. The molecule has 5 aliphatic carbocycles. The minimum Gasteiger partial charge on any atom is -0.461 e. The van der Waals surface area contributed by atoms with E-state index in [9.17, 15) is 14.9 Å². The van der Waals surface area contributed by atoms with Crippen molar-refractivity contribution in [3.8, 4) is 0 Å². The summed E-state index contributed by atoms with van der Waals surface area (Å²) < 4.78 is 6.26. The van der Waals surface area contributed by atoms with E-state index >= 15 is 0 Å². The van der Waals surface area contributed by atoms with Crippen LogP contribution in [0.4, 0.5) is 0 Å². The molecule has 0 spiro atoms. The van der Waals surface area contributed by atoms with Gasteiger partial charge in [-0.05, 0) is 103 Å². The van der Waals surface area contributed by atoms with Gasteiger partial charge in [0, 0.05) is 22.7 Å². The van der Waals surface area contributed by atoms with Gasteiger partial charge in [-0.1, -0.05) is 48.5 Å². The molecule has 6 aliphatic rings. The van der Waals surface area contributed by atoms with E-state index in [4.69, 9.17) is 16.3 Å². The van der Waals surface area contributed by atoms with Crippen molar-refractivity contribution in [2.75, 3.05) is 0 Å². The SMILES string of the molecule is CC1(C)CC[C@]23CC[C@]4(C)[C@H](CC[C@@H]5[C@@]6(C)CC[C@@](Cl)([N+](=O)[O-])C(C)(C)[C@@H]6CC[C@]54C)[C@H]2[C@H]1OC3=O. The maximum Gasteiger partial charge on any atom is 0.312 e. The lowest BCUT2D eigenvalue weighted by Crippen LogP contribution is -2.69. The van der Waals surface area contributed by atoms with Gasteiger partial charge in [-0.25, -0.2) is 0 Å². The first-order chi connectivity index (χ1) is 16.5. The van der Waals surface area contributed by atoms with E-state index in [1.807, 2.05) is 0 Å². The first-order valence-electron chi connectivity index (χ1n) is 14.6. The molecule has 0 N–H and O–H groups in total. The zero-order valence-electron chi connectivity index (χ0n) is 23.4. The molecule has 0 radical (unpaired) electrons. The summed E-state index contributed by atoms with van der Waals surface area (Å²) in [5.74, 6) is 1.71. The number of carbonyl (C=O) groups excluding carboxylic acids is 1. The number of halogens is 1. The molecule has 10 atom stereocenters. The van der Waals surface area contributed by atoms with Crippen LogP contribution in [0.5, 0.6) is 0 Å². The van der Waals surface area contributed by atoms with Crippen LogP contribution < -0.4 is 0 Å². The number of rotatable bonds is 1. The highest BCUT2D eigenvalue weighted by Gasteiger charge is 2.76. The second kappa shape index (κ2) is 7.02. The minimum absolute atomic E-state index is 0.0412. The van der Waals surface area contributed by atoms with Crippen LogP contribution in [-0.4, -0.2) is 22.0 Å². The van der Waals surface area contributed by atoms with Gasteiger partial charge in [0.1, 0.15) is 6.10 Å². The predicted molar refractivity (Wildman–Crippen MR) is 140 cm³/mol. The van der Waals surface area contributed by atoms with E-state index in [1.165, 1.54) is 0 Å². The second-order valence-electron chi connectivity index (χ2n) is 15.9. The molecule has 2 bridgehead atoms. The molecule has 0 aromatic heterocycles. The summed E-state index contributed by atoms with van der Waals surface area (Å²) in [5.41, 5.74) is -0.423. The predicted octanol–water partition coefficient (Wildman–Crippen LogP) is 7.62. The fourth-order valence-electron chi connectivity index (χ4n) is 12.1. The molecule has 5 saturated carbocycles. The van der Waals surface area contributed by atoms with Gasteiger partial charge in [-0.3, -0.25) is 14.9 Å². The quantitative estimate of drug-likeness (QED) is 0.117. The lowest BCUT2D eigenvalue weighted by atomic mass is 9.31. The van der Waals surface area contributed by atoms with E-state index < -0.39 is 10.4 Å². The molecule has 0 unspecified atom stereocenters. The average Bonchev–Trinajstić information content (AvgIpc) is 3.04. The summed E-state index contributed by atoms with van der Waals surface area (Å²) in [5, 5.41) is 12.2.